The maximum absolute atomic E-state index is 12.9. The molecule has 2 heterocycles. The molecule has 0 saturated heterocycles. The van der Waals surface area contributed by atoms with Crippen molar-refractivity contribution >= 4 is 39.7 Å². The van der Waals surface area contributed by atoms with E-state index in [2.05, 4.69) is 55.4 Å². The average Bonchev–Trinajstić information content (AvgIpc) is 3.04. The zero-order valence-corrected chi connectivity index (χ0v) is 18.2. The summed E-state index contributed by atoms with van der Waals surface area (Å²) in [4.78, 5) is 19.6. The fraction of sp³-hybridized carbons (Fsp3) is 0.524. The monoisotopic (exact) mass is 399 g/mol. The largest absolute Gasteiger partial charge is 0.337 e. The predicted octanol–water partition coefficient (Wildman–Crippen LogP) is 4.52. The molecule has 2 atom stereocenters. The molecule has 0 saturated carbocycles. The average molecular weight is 400 g/mol. The van der Waals surface area contributed by atoms with Gasteiger partial charge >= 0.3 is 0 Å². The van der Waals surface area contributed by atoms with Crippen LogP contribution >= 0.6 is 11.8 Å². The lowest BCUT2D eigenvalue weighted by Gasteiger charge is -2.33. The number of rotatable bonds is 8. The first-order chi connectivity index (χ1) is 13.5. The number of nitrogens with zero attached hydrogens (tertiary/aromatic N) is 5. The Balaban J connectivity index is 1.84. The van der Waals surface area contributed by atoms with Crippen molar-refractivity contribution in [2.24, 2.45) is 0 Å². The molecule has 0 aliphatic rings. The van der Waals surface area contributed by atoms with Gasteiger partial charge in [0.2, 0.25) is 11.1 Å². The van der Waals surface area contributed by atoms with Gasteiger partial charge in [-0.2, -0.15) is 0 Å². The number of thioether (sulfide) groups is 1. The quantitative estimate of drug-likeness (QED) is 0.521. The minimum absolute atomic E-state index is 0.133. The lowest BCUT2D eigenvalue weighted by molar-refractivity contribution is -0.132. The van der Waals surface area contributed by atoms with Gasteiger partial charge in [-0.15, -0.1) is 10.2 Å². The van der Waals surface area contributed by atoms with E-state index in [1.54, 1.807) is 0 Å². The number of hydrogen-bond donors (Lipinski definition) is 0. The highest BCUT2D eigenvalue weighted by Gasteiger charge is 2.24. The smallest absolute Gasteiger partial charge is 0.233 e. The number of para-hydroxylation sites is 1. The van der Waals surface area contributed by atoms with E-state index in [-0.39, 0.29) is 18.0 Å². The van der Waals surface area contributed by atoms with Crippen LogP contribution in [-0.4, -0.2) is 48.4 Å². The molecule has 1 amide bonds. The van der Waals surface area contributed by atoms with Crippen LogP contribution in [0, 0.1) is 0 Å². The molecule has 2 aromatic heterocycles. The number of aromatic nitrogens is 4. The second kappa shape index (κ2) is 8.90. The highest BCUT2D eigenvalue weighted by Crippen LogP contribution is 2.27. The summed E-state index contributed by atoms with van der Waals surface area (Å²) in [5, 5.41) is 10.3. The number of carbonyl (C=O) groups excluding carboxylic acids is 1. The second-order valence-corrected chi connectivity index (χ2v) is 8.07. The van der Waals surface area contributed by atoms with Crippen molar-refractivity contribution in [3.05, 3.63) is 24.3 Å². The lowest BCUT2D eigenvalue weighted by atomic mass is 10.1. The van der Waals surface area contributed by atoms with Crippen molar-refractivity contribution in [3.63, 3.8) is 0 Å². The Hall–Kier alpha value is -2.15. The van der Waals surface area contributed by atoms with Gasteiger partial charge in [0.15, 0.2) is 5.65 Å². The molecule has 1 aromatic carbocycles. The summed E-state index contributed by atoms with van der Waals surface area (Å²) in [6, 6.07) is 8.61. The van der Waals surface area contributed by atoms with Crippen LogP contribution in [0.1, 0.15) is 47.5 Å². The predicted molar refractivity (Wildman–Crippen MR) is 116 cm³/mol. The molecule has 0 fully saturated rings. The van der Waals surface area contributed by atoms with Crippen LogP contribution in [0.3, 0.4) is 0 Å². The fourth-order valence-electron chi connectivity index (χ4n) is 3.59. The van der Waals surface area contributed by atoms with Crippen LogP contribution in [0.25, 0.3) is 22.1 Å². The van der Waals surface area contributed by atoms with Gasteiger partial charge in [0, 0.05) is 24.0 Å². The molecule has 28 heavy (non-hydrogen) atoms. The van der Waals surface area contributed by atoms with Gasteiger partial charge in [-0.25, -0.2) is 4.98 Å². The molecule has 0 bridgehead atoms. The summed E-state index contributed by atoms with van der Waals surface area (Å²) >= 11 is 1.37. The summed E-state index contributed by atoms with van der Waals surface area (Å²) in [7, 11) is 0. The Morgan fingerprint density at radius 1 is 1.11 bits per heavy atom. The summed E-state index contributed by atoms with van der Waals surface area (Å²) in [5.41, 5.74) is 2.75. The number of fused-ring (bicyclic) bond motifs is 3. The molecule has 3 rings (SSSR count). The van der Waals surface area contributed by atoms with E-state index in [0.29, 0.717) is 10.9 Å². The number of amides is 1. The van der Waals surface area contributed by atoms with Crippen molar-refractivity contribution in [3.8, 4) is 0 Å². The molecular formula is C21H29N5OS. The molecule has 0 spiro atoms. The van der Waals surface area contributed by atoms with E-state index >= 15 is 0 Å². The highest BCUT2D eigenvalue weighted by molar-refractivity contribution is 7.99. The fourth-order valence-corrected chi connectivity index (χ4v) is 4.24. The Bertz CT molecular complexity index is 960. The van der Waals surface area contributed by atoms with Gasteiger partial charge in [0.25, 0.3) is 0 Å². The highest BCUT2D eigenvalue weighted by atomic mass is 32.2. The third kappa shape index (κ3) is 3.85. The van der Waals surface area contributed by atoms with Gasteiger partial charge in [-0.1, -0.05) is 43.8 Å². The Morgan fingerprint density at radius 3 is 2.43 bits per heavy atom. The first-order valence-electron chi connectivity index (χ1n) is 10.1. The van der Waals surface area contributed by atoms with Crippen LogP contribution < -0.4 is 0 Å². The number of benzene rings is 1. The first kappa shape index (κ1) is 20.6. The Labute approximate surface area is 170 Å². The van der Waals surface area contributed by atoms with Crippen molar-refractivity contribution in [2.45, 2.75) is 71.2 Å². The third-order valence-corrected chi connectivity index (χ3v) is 6.24. The van der Waals surface area contributed by atoms with E-state index in [9.17, 15) is 4.79 Å². The van der Waals surface area contributed by atoms with Gasteiger partial charge in [0.1, 0.15) is 5.52 Å². The normalized spacial score (nSPS) is 13.8. The molecule has 7 heteroatoms. The molecular weight excluding hydrogens is 370 g/mol. The van der Waals surface area contributed by atoms with Crippen molar-refractivity contribution in [1.29, 1.82) is 0 Å². The summed E-state index contributed by atoms with van der Waals surface area (Å²) in [5.74, 6) is 0.460. The lowest BCUT2D eigenvalue weighted by Crippen LogP contribution is -2.45. The van der Waals surface area contributed by atoms with E-state index in [1.807, 2.05) is 23.1 Å². The van der Waals surface area contributed by atoms with Gasteiger partial charge < -0.3 is 9.47 Å². The Morgan fingerprint density at radius 2 is 1.79 bits per heavy atom. The van der Waals surface area contributed by atoms with E-state index in [1.165, 1.54) is 11.8 Å². The summed E-state index contributed by atoms with van der Waals surface area (Å²) in [6.07, 6.45) is 1.89. The van der Waals surface area contributed by atoms with Gasteiger partial charge in [0.05, 0.1) is 11.3 Å². The van der Waals surface area contributed by atoms with Crippen LogP contribution in [-0.2, 0) is 11.3 Å². The van der Waals surface area contributed by atoms with Crippen LogP contribution in [0.2, 0.25) is 0 Å². The van der Waals surface area contributed by atoms with Gasteiger partial charge in [-0.3, -0.25) is 4.79 Å². The maximum atomic E-state index is 12.9. The molecule has 0 aliphatic carbocycles. The molecule has 150 valence electrons. The van der Waals surface area contributed by atoms with Crippen LogP contribution in [0.5, 0.6) is 0 Å². The molecule has 6 nitrogen and oxygen atoms in total. The maximum Gasteiger partial charge on any atom is 0.233 e. The zero-order valence-electron chi connectivity index (χ0n) is 17.3. The summed E-state index contributed by atoms with van der Waals surface area (Å²) in [6.45, 7) is 11.4. The van der Waals surface area contributed by atoms with Crippen LogP contribution in [0.15, 0.2) is 29.4 Å². The van der Waals surface area contributed by atoms with Crippen LogP contribution in [0.4, 0.5) is 0 Å². The first-order valence-corrected chi connectivity index (χ1v) is 11.1. The standard InChI is InChI=1S/C21H29N5OS/c1-6-14(4)26(15(5)7-2)18(27)13-28-21-22-20-19(23-24-21)16-11-9-10-12-17(16)25(20)8-3/h9-12,14-15H,6-8,13H2,1-5H3/t14-,15+. The van der Waals surface area contributed by atoms with E-state index < -0.39 is 0 Å². The molecule has 0 unspecified atom stereocenters. The van der Waals surface area contributed by atoms with Crippen molar-refractivity contribution in [2.75, 3.05) is 5.75 Å². The SMILES string of the molecule is CC[C@@H](C)N(C(=O)CSc1nnc2c3ccccc3n(CC)c2n1)[C@@H](C)CC. The molecule has 0 radical (unpaired) electrons. The van der Waals surface area contributed by atoms with Gasteiger partial charge in [-0.05, 0) is 39.7 Å². The minimum Gasteiger partial charge on any atom is -0.337 e. The molecule has 0 aliphatic heterocycles. The number of carbonyl (C=O) groups is 1. The Kier molecular flexibility index (Phi) is 6.54. The van der Waals surface area contributed by atoms with Crippen molar-refractivity contribution in [1.82, 2.24) is 24.6 Å². The summed E-state index contributed by atoms with van der Waals surface area (Å²) < 4.78 is 2.15. The topological polar surface area (TPSA) is 63.9 Å². The number of aryl methyl sites for hydroxylation is 1. The molecule has 0 N–H and O–H groups in total. The minimum atomic E-state index is 0.133. The van der Waals surface area contributed by atoms with Crippen molar-refractivity contribution < 1.29 is 4.79 Å². The van der Waals surface area contributed by atoms with E-state index in [0.717, 1.165) is 41.5 Å². The zero-order chi connectivity index (χ0) is 20.3. The number of hydrogen-bond acceptors (Lipinski definition) is 5. The third-order valence-electron chi connectivity index (χ3n) is 5.41. The molecule has 3 aromatic rings. The second-order valence-electron chi connectivity index (χ2n) is 7.13. The van der Waals surface area contributed by atoms with E-state index in [4.69, 9.17) is 4.98 Å².